The van der Waals surface area contributed by atoms with Crippen molar-refractivity contribution in [2.24, 2.45) is 0 Å². The number of hydrogen-bond acceptors (Lipinski definition) is 5. The highest BCUT2D eigenvalue weighted by molar-refractivity contribution is 7.19. The van der Waals surface area contributed by atoms with E-state index in [0.29, 0.717) is 9.98 Å². The SMILES string of the molecule is O=C(c1nnc2sc(-c3ccccc3Cl)nn12)N1CCCCC1. The van der Waals surface area contributed by atoms with Crippen molar-refractivity contribution in [2.75, 3.05) is 13.1 Å². The second-order valence-electron chi connectivity index (χ2n) is 5.46. The van der Waals surface area contributed by atoms with Gasteiger partial charge in [0.15, 0.2) is 0 Å². The maximum Gasteiger partial charge on any atom is 0.293 e. The number of halogens is 1. The summed E-state index contributed by atoms with van der Waals surface area (Å²) in [5, 5.41) is 14.0. The zero-order valence-corrected chi connectivity index (χ0v) is 13.8. The maximum atomic E-state index is 12.6. The molecule has 3 heterocycles. The highest BCUT2D eigenvalue weighted by atomic mass is 35.5. The monoisotopic (exact) mass is 347 g/mol. The Morgan fingerprint density at radius 3 is 2.70 bits per heavy atom. The van der Waals surface area contributed by atoms with E-state index in [4.69, 9.17) is 11.6 Å². The van der Waals surface area contributed by atoms with Crippen molar-refractivity contribution in [3.63, 3.8) is 0 Å². The van der Waals surface area contributed by atoms with Crippen LogP contribution in [-0.4, -0.2) is 43.7 Å². The van der Waals surface area contributed by atoms with Crippen molar-refractivity contribution in [1.82, 2.24) is 24.7 Å². The van der Waals surface area contributed by atoms with E-state index in [1.165, 1.54) is 22.3 Å². The minimum Gasteiger partial charge on any atom is -0.336 e. The third kappa shape index (κ3) is 2.60. The molecular weight excluding hydrogens is 334 g/mol. The van der Waals surface area contributed by atoms with Gasteiger partial charge in [0, 0.05) is 18.7 Å². The number of piperidine rings is 1. The molecule has 23 heavy (non-hydrogen) atoms. The second kappa shape index (κ2) is 5.90. The molecule has 0 spiro atoms. The van der Waals surface area contributed by atoms with Gasteiger partial charge in [0.2, 0.25) is 10.8 Å². The van der Waals surface area contributed by atoms with Crippen molar-refractivity contribution in [1.29, 1.82) is 0 Å². The van der Waals surface area contributed by atoms with Crippen LogP contribution in [0, 0.1) is 0 Å². The molecule has 0 bridgehead atoms. The van der Waals surface area contributed by atoms with Gasteiger partial charge in [0.05, 0.1) is 5.02 Å². The lowest BCUT2D eigenvalue weighted by Gasteiger charge is -2.25. The number of aromatic nitrogens is 4. The van der Waals surface area contributed by atoms with Crippen LogP contribution in [0.4, 0.5) is 0 Å². The first-order valence-electron chi connectivity index (χ1n) is 7.50. The summed E-state index contributed by atoms with van der Waals surface area (Å²) in [4.78, 5) is 15.1. The minimum atomic E-state index is -0.104. The smallest absolute Gasteiger partial charge is 0.293 e. The van der Waals surface area contributed by atoms with Gasteiger partial charge < -0.3 is 4.90 Å². The first-order valence-corrected chi connectivity index (χ1v) is 8.70. The summed E-state index contributed by atoms with van der Waals surface area (Å²) >= 11 is 7.60. The van der Waals surface area contributed by atoms with Gasteiger partial charge in [0.1, 0.15) is 5.01 Å². The van der Waals surface area contributed by atoms with Gasteiger partial charge in [-0.15, -0.1) is 10.2 Å². The lowest BCUT2D eigenvalue weighted by molar-refractivity contribution is 0.0709. The van der Waals surface area contributed by atoms with E-state index in [0.717, 1.165) is 36.5 Å². The standard InChI is InChI=1S/C15H14ClN5OS/c16-11-7-3-2-6-10(11)13-19-21-12(17-18-15(21)23-13)14(22)20-8-4-1-5-9-20/h2-3,6-7H,1,4-5,8-9H2. The first-order chi connectivity index (χ1) is 11.2. The molecule has 1 saturated heterocycles. The quantitative estimate of drug-likeness (QED) is 0.714. The average Bonchev–Trinajstić information content (AvgIpc) is 3.16. The lowest BCUT2D eigenvalue weighted by atomic mass is 10.1. The van der Waals surface area contributed by atoms with Crippen molar-refractivity contribution < 1.29 is 4.79 Å². The van der Waals surface area contributed by atoms with E-state index in [1.807, 2.05) is 29.2 Å². The second-order valence-corrected chi connectivity index (χ2v) is 6.82. The number of amides is 1. The Balaban J connectivity index is 1.72. The van der Waals surface area contributed by atoms with Gasteiger partial charge in [-0.3, -0.25) is 4.79 Å². The minimum absolute atomic E-state index is 0.104. The van der Waals surface area contributed by atoms with Crippen LogP contribution in [-0.2, 0) is 0 Å². The summed E-state index contributed by atoms with van der Waals surface area (Å²) in [5.41, 5.74) is 0.834. The van der Waals surface area contributed by atoms with E-state index in [2.05, 4.69) is 15.3 Å². The predicted octanol–water partition coefficient (Wildman–Crippen LogP) is 3.13. The summed E-state index contributed by atoms with van der Waals surface area (Å²) in [6.45, 7) is 1.55. The molecule has 0 radical (unpaired) electrons. The highest BCUT2D eigenvalue weighted by Gasteiger charge is 2.25. The fraction of sp³-hybridized carbons (Fsp3) is 0.333. The van der Waals surface area contributed by atoms with E-state index >= 15 is 0 Å². The molecular formula is C15H14ClN5OS. The van der Waals surface area contributed by atoms with Crippen molar-refractivity contribution in [3.8, 4) is 10.6 Å². The Kier molecular flexibility index (Phi) is 3.74. The molecule has 1 aliphatic rings. The number of benzene rings is 1. The Labute approximate surface area is 141 Å². The van der Waals surface area contributed by atoms with Crippen LogP contribution in [0.1, 0.15) is 29.9 Å². The molecule has 0 unspecified atom stereocenters. The largest absolute Gasteiger partial charge is 0.336 e. The molecule has 0 N–H and O–H groups in total. The van der Waals surface area contributed by atoms with Crippen molar-refractivity contribution >= 4 is 33.8 Å². The van der Waals surface area contributed by atoms with Gasteiger partial charge in [-0.05, 0) is 25.3 Å². The lowest BCUT2D eigenvalue weighted by Crippen LogP contribution is -2.36. The Morgan fingerprint density at radius 2 is 1.91 bits per heavy atom. The van der Waals surface area contributed by atoms with Gasteiger partial charge in [0.25, 0.3) is 5.91 Å². The fourth-order valence-corrected chi connectivity index (χ4v) is 3.89. The van der Waals surface area contributed by atoms with Crippen LogP contribution < -0.4 is 0 Å². The molecule has 4 rings (SSSR count). The molecule has 0 saturated carbocycles. The summed E-state index contributed by atoms with van der Waals surface area (Å²) < 4.78 is 1.53. The number of carbonyl (C=O) groups excluding carboxylic acids is 1. The van der Waals surface area contributed by atoms with Gasteiger partial charge in [-0.25, -0.2) is 0 Å². The molecule has 0 atom stereocenters. The molecule has 8 heteroatoms. The van der Waals surface area contributed by atoms with Gasteiger partial charge in [-0.2, -0.15) is 9.61 Å². The van der Waals surface area contributed by atoms with Gasteiger partial charge in [-0.1, -0.05) is 41.1 Å². The van der Waals surface area contributed by atoms with E-state index in [1.54, 1.807) is 0 Å². The summed E-state index contributed by atoms with van der Waals surface area (Å²) in [6.07, 6.45) is 3.25. The fourth-order valence-electron chi connectivity index (χ4n) is 2.73. The predicted molar refractivity (Wildman–Crippen MR) is 88.9 cm³/mol. The van der Waals surface area contributed by atoms with Gasteiger partial charge >= 0.3 is 0 Å². The number of fused-ring (bicyclic) bond motifs is 1. The van der Waals surface area contributed by atoms with Crippen LogP contribution in [0.25, 0.3) is 15.5 Å². The van der Waals surface area contributed by atoms with E-state index in [-0.39, 0.29) is 11.7 Å². The van der Waals surface area contributed by atoms with Crippen LogP contribution in [0.15, 0.2) is 24.3 Å². The molecule has 1 amide bonds. The van der Waals surface area contributed by atoms with E-state index in [9.17, 15) is 4.79 Å². The van der Waals surface area contributed by atoms with Crippen LogP contribution in [0.5, 0.6) is 0 Å². The molecule has 1 fully saturated rings. The third-order valence-corrected chi connectivity index (χ3v) is 5.19. The molecule has 6 nitrogen and oxygen atoms in total. The summed E-state index contributed by atoms with van der Waals surface area (Å²) in [6, 6.07) is 7.50. The number of hydrogen-bond donors (Lipinski definition) is 0. The number of carbonyl (C=O) groups is 1. The number of nitrogens with zero attached hydrogens (tertiary/aromatic N) is 5. The summed E-state index contributed by atoms with van der Waals surface area (Å²) in [5.74, 6) is 0.171. The van der Waals surface area contributed by atoms with Crippen LogP contribution >= 0.6 is 22.9 Å². The van der Waals surface area contributed by atoms with Crippen molar-refractivity contribution in [2.45, 2.75) is 19.3 Å². The normalized spacial score (nSPS) is 15.3. The molecule has 1 aliphatic heterocycles. The van der Waals surface area contributed by atoms with Crippen LogP contribution in [0.3, 0.4) is 0 Å². The average molecular weight is 348 g/mol. The summed E-state index contributed by atoms with van der Waals surface area (Å²) in [7, 11) is 0. The molecule has 2 aromatic heterocycles. The van der Waals surface area contributed by atoms with E-state index < -0.39 is 0 Å². The molecule has 118 valence electrons. The third-order valence-electron chi connectivity index (χ3n) is 3.93. The zero-order valence-electron chi connectivity index (χ0n) is 12.3. The Bertz CT molecular complexity index is 868. The zero-order chi connectivity index (χ0) is 15.8. The topological polar surface area (TPSA) is 63.4 Å². The maximum absolute atomic E-state index is 12.6. The Morgan fingerprint density at radius 1 is 1.13 bits per heavy atom. The highest BCUT2D eigenvalue weighted by Crippen LogP contribution is 2.31. The molecule has 0 aliphatic carbocycles. The van der Waals surface area contributed by atoms with Crippen molar-refractivity contribution in [3.05, 3.63) is 35.1 Å². The molecule has 3 aromatic rings. The Hall–Kier alpha value is -1.99. The number of rotatable bonds is 2. The van der Waals surface area contributed by atoms with Crippen LogP contribution in [0.2, 0.25) is 5.02 Å². The number of likely N-dealkylation sites (tertiary alicyclic amines) is 1. The molecule has 1 aromatic carbocycles. The first kappa shape index (κ1) is 14.6.